The second-order valence-electron chi connectivity index (χ2n) is 4.03. The molecule has 0 aromatic carbocycles. The van der Waals surface area contributed by atoms with Crippen molar-refractivity contribution in [2.75, 3.05) is 6.54 Å². The van der Waals surface area contributed by atoms with Crippen molar-refractivity contribution in [1.82, 2.24) is 5.32 Å². The predicted octanol–water partition coefficient (Wildman–Crippen LogP) is 2.80. The Morgan fingerprint density at radius 2 is 2.40 bits per heavy atom. The third-order valence-electron chi connectivity index (χ3n) is 2.69. The summed E-state index contributed by atoms with van der Waals surface area (Å²) in [5.41, 5.74) is 1.81. The minimum Gasteiger partial charge on any atom is -0.351 e. The highest BCUT2D eigenvalue weighted by molar-refractivity contribution is 7.08. The molecular weight excluding hydrogens is 230 g/mol. The zero-order chi connectivity index (χ0) is 10.8. The van der Waals surface area contributed by atoms with Crippen molar-refractivity contribution in [1.29, 1.82) is 0 Å². The quantitative estimate of drug-likeness (QED) is 0.810. The standard InChI is InChI=1S/C11H14ClNOS/c1-7-5-15-6-9(7)11(14)13-4-10(12)8-2-3-8/h5-6,8,10H,2-4H2,1H3,(H,13,14). The lowest BCUT2D eigenvalue weighted by molar-refractivity contribution is 0.0953. The highest BCUT2D eigenvalue weighted by atomic mass is 35.5. The molecule has 0 bridgehead atoms. The largest absolute Gasteiger partial charge is 0.351 e. The van der Waals surface area contributed by atoms with Crippen molar-refractivity contribution >= 4 is 28.8 Å². The van der Waals surface area contributed by atoms with Crippen molar-refractivity contribution < 1.29 is 4.79 Å². The molecule has 1 unspecified atom stereocenters. The van der Waals surface area contributed by atoms with Crippen molar-refractivity contribution in [3.63, 3.8) is 0 Å². The molecule has 1 atom stereocenters. The summed E-state index contributed by atoms with van der Waals surface area (Å²) in [4.78, 5) is 11.7. The van der Waals surface area contributed by atoms with E-state index in [-0.39, 0.29) is 11.3 Å². The highest BCUT2D eigenvalue weighted by Crippen LogP contribution is 2.35. The average Bonchev–Trinajstić information content (AvgIpc) is 2.98. The Hall–Kier alpha value is -0.540. The molecule has 1 saturated carbocycles. The van der Waals surface area contributed by atoms with Crippen LogP contribution in [0.2, 0.25) is 0 Å². The Morgan fingerprint density at radius 1 is 1.67 bits per heavy atom. The van der Waals surface area contributed by atoms with Gasteiger partial charge in [-0.15, -0.1) is 11.6 Å². The van der Waals surface area contributed by atoms with Crippen LogP contribution in [-0.4, -0.2) is 17.8 Å². The summed E-state index contributed by atoms with van der Waals surface area (Å²) in [5.74, 6) is 0.621. The van der Waals surface area contributed by atoms with Gasteiger partial charge in [-0.1, -0.05) is 0 Å². The molecule has 1 aliphatic rings. The molecule has 2 rings (SSSR count). The predicted molar refractivity (Wildman–Crippen MR) is 63.8 cm³/mol. The molecule has 1 heterocycles. The topological polar surface area (TPSA) is 29.1 Å². The lowest BCUT2D eigenvalue weighted by Crippen LogP contribution is -2.30. The van der Waals surface area contributed by atoms with Crippen LogP contribution in [0.4, 0.5) is 0 Å². The van der Waals surface area contributed by atoms with E-state index in [1.54, 1.807) is 11.3 Å². The summed E-state index contributed by atoms with van der Waals surface area (Å²) in [6.07, 6.45) is 2.42. The van der Waals surface area contributed by atoms with Crippen molar-refractivity contribution in [2.24, 2.45) is 5.92 Å². The first-order valence-corrected chi connectivity index (χ1v) is 6.51. The van der Waals surface area contributed by atoms with Gasteiger partial charge in [-0.2, -0.15) is 11.3 Å². The van der Waals surface area contributed by atoms with E-state index in [1.807, 2.05) is 17.7 Å². The smallest absolute Gasteiger partial charge is 0.252 e. The fraction of sp³-hybridized carbons (Fsp3) is 0.545. The van der Waals surface area contributed by atoms with Crippen molar-refractivity contribution in [3.05, 3.63) is 21.9 Å². The number of carbonyl (C=O) groups excluding carboxylic acids is 1. The summed E-state index contributed by atoms with van der Waals surface area (Å²) in [7, 11) is 0. The molecule has 82 valence electrons. The Labute approximate surface area is 98.6 Å². The van der Waals surface area contributed by atoms with E-state index >= 15 is 0 Å². The molecule has 4 heteroatoms. The average molecular weight is 244 g/mol. The Kier molecular flexibility index (Phi) is 3.32. The second kappa shape index (κ2) is 4.54. The van der Waals surface area contributed by atoms with Crippen LogP contribution >= 0.6 is 22.9 Å². The minimum absolute atomic E-state index is 0.0000463. The van der Waals surface area contributed by atoms with E-state index in [0.717, 1.165) is 11.1 Å². The summed E-state index contributed by atoms with van der Waals surface area (Å²) in [6, 6.07) is 0. The number of halogens is 1. The molecular formula is C11H14ClNOS. The lowest BCUT2D eigenvalue weighted by Gasteiger charge is -2.09. The lowest BCUT2D eigenvalue weighted by atomic mass is 10.2. The number of aryl methyl sites for hydroxylation is 1. The molecule has 1 N–H and O–H groups in total. The number of nitrogens with one attached hydrogen (secondary N) is 1. The number of alkyl halides is 1. The fourth-order valence-electron chi connectivity index (χ4n) is 1.50. The van der Waals surface area contributed by atoms with Crippen molar-refractivity contribution in [3.8, 4) is 0 Å². The van der Waals surface area contributed by atoms with Crippen LogP contribution in [0.5, 0.6) is 0 Å². The summed E-state index contributed by atoms with van der Waals surface area (Å²) >= 11 is 7.66. The van der Waals surface area contributed by atoms with Crippen LogP contribution in [-0.2, 0) is 0 Å². The van der Waals surface area contributed by atoms with Gasteiger partial charge in [-0.25, -0.2) is 0 Å². The third kappa shape index (κ3) is 2.73. The van der Waals surface area contributed by atoms with Gasteiger partial charge in [0.2, 0.25) is 0 Å². The first kappa shape index (κ1) is 11.0. The summed E-state index contributed by atoms with van der Waals surface area (Å²) < 4.78 is 0. The molecule has 2 nitrogen and oxygen atoms in total. The number of thiophene rings is 1. The second-order valence-corrected chi connectivity index (χ2v) is 5.34. The SMILES string of the molecule is Cc1cscc1C(=O)NCC(Cl)C1CC1. The fourth-order valence-corrected chi connectivity index (χ4v) is 2.66. The molecule has 0 saturated heterocycles. The zero-order valence-electron chi connectivity index (χ0n) is 8.63. The van der Waals surface area contributed by atoms with Crippen LogP contribution in [0.25, 0.3) is 0 Å². The maximum atomic E-state index is 11.7. The first-order chi connectivity index (χ1) is 7.18. The number of hydrogen-bond acceptors (Lipinski definition) is 2. The minimum atomic E-state index is 0.0000463. The van der Waals surface area contributed by atoms with Gasteiger partial charge in [0.05, 0.1) is 10.9 Å². The van der Waals surface area contributed by atoms with E-state index < -0.39 is 0 Å². The van der Waals surface area contributed by atoms with Gasteiger partial charge >= 0.3 is 0 Å². The Balaban J connectivity index is 1.84. The first-order valence-electron chi connectivity index (χ1n) is 5.13. The van der Waals surface area contributed by atoms with Crippen LogP contribution < -0.4 is 5.32 Å². The third-order valence-corrected chi connectivity index (χ3v) is 4.06. The molecule has 1 aromatic rings. The van der Waals surface area contributed by atoms with Crippen LogP contribution in [0.15, 0.2) is 10.8 Å². The van der Waals surface area contributed by atoms with Crippen molar-refractivity contribution in [2.45, 2.75) is 25.1 Å². The van der Waals surface area contributed by atoms with E-state index in [0.29, 0.717) is 12.5 Å². The Morgan fingerprint density at radius 3 is 2.93 bits per heavy atom. The van der Waals surface area contributed by atoms with E-state index in [4.69, 9.17) is 11.6 Å². The molecule has 0 spiro atoms. The molecule has 1 aromatic heterocycles. The highest BCUT2D eigenvalue weighted by Gasteiger charge is 2.29. The van der Waals surface area contributed by atoms with Gasteiger partial charge in [0.15, 0.2) is 0 Å². The molecule has 1 fully saturated rings. The number of rotatable bonds is 4. The van der Waals surface area contributed by atoms with Crippen LogP contribution in [0, 0.1) is 12.8 Å². The van der Waals surface area contributed by atoms with E-state index in [2.05, 4.69) is 5.32 Å². The molecule has 1 amide bonds. The van der Waals surface area contributed by atoms with Crippen LogP contribution in [0.3, 0.4) is 0 Å². The normalized spacial score (nSPS) is 17.5. The van der Waals surface area contributed by atoms with Gasteiger partial charge in [0.25, 0.3) is 5.91 Å². The number of hydrogen-bond donors (Lipinski definition) is 1. The van der Waals surface area contributed by atoms with Gasteiger partial charge < -0.3 is 5.32 Å². The summed E-state index contributed by atoms with van der Waals surface area (Å²) in [5, 5.41) is 6.85. The monoisotopic (exact) mass is 243 g/mol. The van der Waals surface area contributed by atoms with Gasteiger partial charge in [0, 0.05) is 11.9 Å². The molecule has 0 radical (unpaired) electrons. The van der Waals surface area contributed by atoms with Gasteiger partial charge in [0.1, 0.15) is 0 Å². The molecule has 0 aliphatic heterocycles. The number of amides is 1. The zero-order valence-corrected chi connectivity index (χ0v) is 10.2. The van der Waals surface area contributed by atoms with Gasteiger partial charge in [-0.05, 0) is 36.6 Å². The van der Waals surface area contributed by atoms with E-state index in [9.17, 15) is 4.79 Å². The van der Waals surface area contributed by atoms with E-state index in [1.165, 1.54) is 12.8 Å². The van der Waals surface area contributed by atoms with Gasteiger partial charge in [-0.3, -0.25) is 4.79 Å². The van der Waals surface area contributed by atoms with Crippen LogP contribution in [0.1, 0.15) is 28.8 Å². The molecule has 1 aliphatic carbocycles. The molecule has 15 heavy (non-hydrogen) atoms. The maximum absolute atomic E-state index is 11.7. The summed E-state index contributed by atoms with van der Waals surface area (Å²) in [6.45, 7) is 2.53. The maximum Gasteiger partial charge on any atom is 0.252 e. The Bertz CT molecular complexity index is 359. The number of carbonyl (C=O) groups is 1.